The molecule has 1 aliphatic heterocycles. The van der Waals surface area contributed by atoms with E-state index in [1.54, 1.807) is 0 Å². The number of carbonyl (C=O) groups excluding carboxylic acids is 1. The first-order chi connectivity index (χ1) is 8.32. The molecule has 0 aliphatic carbocycles. The van der Waals surface area contributed by atoms with Gasteiger partial charge in [-0.15, -0.1) is 0 Å². The van der Waals surface area contributed by atoms with Gasteiger partial charge in [-0.1, -0.05) is 0 Å². The highest BCUT2D eigenvalue weighted by Gasteiger charge is 2.41. The van der Waals surface area contributed by atoms with Gasteiger partial charge in [0.2, 0.25) is 0 Å². The van der Waals surface area contributed by atoms with E-state index >= 15 is 0 Å². The number of halogens is 3. The van der Waals surface area contributed by atoms with Crippen molar-refractivity contribution in [2.45, 2.75) is 44.0 Å². The van der Waals surface area contributed by atoms with E-state index in [2.05, 4.69) is 5.32 Å². The molecule has 0 aromatic rings. The Hall–Kier alpha value is -0.820. The first-order valence-electron chi connectivity index (χ1n) is 6.06. The molecule has 2 atom stereocenters. The van der Waals surface area contributed by atoms with E-state index in [9.17, 15) is 23.1 Å². The van der Waals surface area contributed by atoms with Gasteiger partial charge in [-0.05, 0) is 32.2 Å². The summed E-state index contributed by atoms with van der Waals surface area (Å²) in [6, 6.07) is 0.0358. The highest BCUT2D eigenvalue weighted by Crippen LogP contribution is 2.18. The molecular formula is C11H19F3N2O2. The maximum atomic E-state index is 12.1. The SMILES string of the molecule is CN(CCCC(O)[C@@H]1CCCN1)C(=O)C(F)(F)F. The van der Waals surface area contributed by atoms with Gasteiger partial charge in [0.1, 0.15) is 0 Å². The lowest BCUT2D eigenvalue weighted by atomic mass is 10.0. The first-order valence-corrected chi connectivity index (χ1v) is 6.06. The molecule has 1 amide bonds. The van der Waals surface area contributed by atoms with Gasteiger partial charge in [-0.25, -0.2) is 0 Å². The highest BCUT2D eigenvalue weighted by atomic mass is 19.4. The van der Waals surface area contributed by atoms with Crippen LogP contribution in [0.2, 0.25) is 0 Å². The molecule has 1 aliphatic rings. The predicted octanol–water partition coefficient (Wildman–Crippen LogP) is 0.900. The van der Waals surface area contributed by atoms with Crippen LogP contribution in [0.15, 0.2) is 0 Å². The standard InChI is InChI=1S/C11H19F3N2O2/c1-16(10(18)11(12,13)14)7-3-5-9(17)8-4-2-6-15-8/h8-9,15,17H,2-7H2,1H3/t8-,9?/m0/s1. The Labute approximate surface area is 104 Å². The second-order valence-electron chi connectivity index (χ2n) is 4.64. The van der Waals surface area contributed by atoms with Crippen molar-refractivity contribution in [2.24, 2.45) is 0 Å². The number of aliphatic hydroxyl groups is 1. The molecule has 1 saturated heterocycles. The fraction of sp³-hybridized carbons (Fsp3) is 0.909. The number of rotatable bonds is 5. The maximum Gasteiger partial charge on any atom is 0.471 e. The van der Waals surface area contributed by atoms with Crippen LogP contribution < -0.4 is 5.32 Å². The van der Waals surface area contributed by atoms with Crippen molar-refractivity contribution < 1.29 is 23.1 Å². The highest BCUT2D eigenvalue weighted by molar-refractivity contribution is 5.81. The molecule has 2 N–H and O–H groups in total. The largest absolute Gasteiger partial charge is 0.471 e. The van der Waals surface area contributed by atoms with Gasteiger partial charge in [0.25, 0.3) is 0 Å². The lowest BCUT2D eigenvalue weighted by Crippen LogP contribution is -2.40. The second-order valence-corrected chi connectivity index (χ2v) is 4.64. The average molecular weight is 268 g/mol. The van der Waals surface area contributed by atoms with Crippen molar-refractivity contribution in [1.29, 1.82) is 0 Å². The molecule has 0 radical (unpaired) electrons. The van der Waals surface area contributed by atoms with E-state index in [0.717, 1.165) is 26.4 Å². The first kappa shape index (κ1) is 15.2. The van der Waals surface area contributed by atoms with E-state index in [1.807, 2.05) is 0 Å². The number of carbonyl (C=O) groups is 1. The molecule has 18 heavy (non-hydrogen) atoms. The molecule has 0 spiro atoms. The van der Waals surface area contributed by atoms with Gasteiger partial charge in [0.15, 0.2) is 0 Å². The van der Waals surface area contributed by atoms with E-state index in [0.29, 0.717) is 17.7 Å². The number of hydrogen-bond donors (Lipinski definition) is 2. The quantitative estimate of drug-likeness (QED) is 0.779. The smallest absolute Gasteiger partial charge is 0.392 e. The Morgan fingerprint density at radius 1 is 1.56 bits per heavy atom. The molecule has 1 fully saturated rings. The molecule has 0 aromatic heterocycles. The molecule has 0 aromatic carbocycles. The Morgan fingerprint density at radius 3 is 2.72 bits per heavy atom. The summed E-state index contributed by atoms with van der Waals surface area (Å²) in [5, 5.41) is 12.9. The average Bonchev–Trinajstić information content (AvgIpc) is 2.79. The Morgan fingerprint density at radius 2 is 2.22 bits per heavy atom. The van der Waals surface area contributed by atoms with Gasteiger partial charge in [-0.3, -0.25) is 4.79 Å². The van der Waals surface area contributed by atoms with Crippen LogP contribution in [-0.2, 0) is 4.79 Å². The summed E-state index contributed by atoms with van der Waals surface area (Å²) in [5.74, 6) is -1.84. The maximum absolute atomic E-state index is 12.1. The van der Waals surface area contributed by atoms with Crippen LogP contribution in [0.4, 0.5) is 13.2 Å². The minimum absolute atomic E-state index is 0.00211. The van der Waals surface area contributed by atoms with Crippen molar-refractivity contribution in [1.82, 2.24) is 10.2 Å². The number of alkyl halides is 3. The molecule has 7 heteroatoms. The zero-order valence-electron chi connectivity index (χ0n) is 10.3. The number of amides is 1. The third-order valence-corrected chi connectivity index (χ3v) is 3.15. The fourth-order valence-electron chi connectivity index (χ4n) is 2.10. The van der Waals surface area contributed by atoms with Crippen LogP contribution >= 0.6 is 0 Å². The van der Waals surface area contributed by atoms with E-state index < -0.39 is 18.2 Å². The molecule has 4 nitrogen and oxygen atoms in total. The van der Waals surface area contributed by atoms with E-state index in [4.69, 9.17) is 0 Å². The molecule has 0 saturated carbocycles. The van der Waals surface area contributed by atoms with Gasteiger partial charge < -0.3 is 15.3 Å². The van der Waals surface area contributed by atoms with Crippen LogP contribution in [0.1, 0.15) is 25.7 Å². The number of nitrogens with zero attached hydrogens (tertiary/aromatic N) is 1. The Balaban J connectivity index is 2.22. The summed E-state index contributed by atoms with van der Waals surface area (Å²) in [7, 11) is 1.12. The molecule has 1 rings (SSSR count). The van der Waals surface area contributed by atoms with Crippen LogP contribution in [0.5, 0.6) is 0 Å². The summed E-state index contributed by atoms with van der Waals surface area (Å²) in [6.07, 6.45) is -2.72. The molecule has 106 valence electrons. The van der Waals surface area contributed by atoms with Crippen molar-refractivity contribution in [3.8, 4) is 0 Å². The topological polar surface area (TPSA) is 52.6 Å². The minimum Gasteiger partial charge on any atom is -0.392 e. The molecule has 1 heterocycles. The monoisotopic (exact) mass is 268 g/mol. The molecule has 1 unspecified atom stereocenters. The number of aliphatic hydroxyl groups excluding tert-OH is 1. The summed E-state index contributed by atoms with van der Waals surface area (Å²) >= 11 is 0. The van der Waals surface area contributed by atoms with Crippen LogP contribution in [-0.4, -0.2) is 54.4 Å². The fourth-order valence-corrected chi connectivity index (χ4v) is 2.10. The van der Waals surface area contributed by atoms with Gasteiger partial charge >= 0.3 is 12.1 Å². The zero-order chi connectivity index (χ0) is 13.8. The van der Waals surface area contributed by atoms with E-state index in [-0.39, 0.29) is 12.6 Å². The zero-order valence-corrected chi connectivity index (χ0v) is 10.3. The lowest BCUT2D eigenvalue weighted by Gasteiger charge is -2.21. The summed E-state index contributed by atoms with van der Waals surface area (Å²) in [4.78, 5) is 11.5. The van der Waals surface area contributed by atoms with Crippen molar-refractivity contribution in [3.05, 3.63) is 0 Å². The van der Waals surface area contributed by atoms with Gasteiger partial charge in [-0.2, -0.15) is 13.2 Å². The predicted molar refractivity (Wildman–Crippen MR) is 60.0 cm³/mol. The van der Waals surface area contributed by atoms with Crippen molar-refractivity contribution >= 4 is 5.91 Å². The molecule has 0 bridgehead atoms. The van der Waals surface area contributed by atoms with Crippen molar-refractivity contribution in [2.75, 3.05) is 20.1 Å². The number of nitrogens with one attached hydrogen (secondary N) is 1. The van der Waals surface area contributed by atoms with E-state index in [1.165, 1.54) is 0 Å². The normalized spacial score (nSPS) is 21.9. The van der Waals surface area contributed by atoms with Crippen LogP contribution in [0.25, 0.3) is 0 Å². The third kappa shape index (κ3) is 4.45. The number of hydrogen-bond acceptors (Lipinski definition) is 3. The van der Waals surface area contributed by atoms with Crippen LogP contribution in [0.3, 0.4) is 0 Å². The summed E-state index contributed by atoms with van der Waals surface area (Å²) in [6.45, 7) is 0.871. The van der Waals surface area contributed by atoms with Crippen LogP contribution in [0, 0.1) is 0 Å². The molecular weight excluding hydrogens is 249 g/mol. The minimum atomic E-state index is -4.82. The summed E-state index contributed by atoms with van der Waals surface area (Å²) < 4.78 is 36.2. The third-order valence-electron chi connectivity index (χ3n) is 3.15. The van der Waals surface area contributed by atoms with Gasteiger partial charge in [0.05, 0.1) is 6.10 Å². The van der Waals surface area contributed by atoms with Crippen molar-refractivity contribution in [3.63, 3.8) is 0 Å². The summed E-state index contributed by atoms with van der Waals surface area (Å²) in [5.41, 5.74) is 0. The Bertz CT molecular complexity index is 278. The second kappa shape index (κ2) is 6.38. The Kier molecular flexibility index (Phi) is 5.40. The lowest BCUT2D eigenvalue weighted by molar-refractivity contribution is -0.184. The van der Waals surface area contributed by atoms with Gasteiger partial charge in [0, 0.05) is 19.6 Å².